The third-order valence-electron chi connectivity index (χ3n) is 4.31. The van der Waals surface area contributed by atoms with Gasteiger partial charge in [0.05, 0.1) is 16.0 Å². The summed E-state index contributed by atoms with van der Waals surface area (Å²) in [6.45, 7) is 3.97. The van der Waals surface area contributed by atoms with Crippen LogP contribution in [0.2, 0.25) is 0 Å². The van der Waals surface area contributed by atoms with Gasteiger partial charge < -0.3 is 0 Å². The molecular weight excluding hydrogens is 352 g/mol. The molecule has 1 aromatic rings. The molecule has 1 aromatic carbocycles. The number of rotatable bonds is 8. The molecule has 0 saturated heterocycles. The van der Waals surface area contributed by atoms with Crippen molar-refractivity contribution in [3.63, 3.8) is 0 Å². The van der Waals surface area contributed by atoms with Crippen molar-refractivity contribution in [3.8, 4) is 0 Å². The highest BCUT2D eigenvalue weighted by atomic mass is 32.2. The van der Waals surface area contributed by atoms with Crippen LogP contribution < -0.4 is 0 Å². The second-order valence-corrected chi connectivity index (χ2v) is 8.13. The summed E-state index contributed by atoms with van der Waals surface area (Å²) in [4.78, 5) is 10.3. The van der Waals surface area contributed by atoms with Gasteiger partial charge in [-0.25, -0.2) is 8.42 Å². The Balaban J connectivity index is 2.30. The van der Waals surface area contributed by atoms with E-state index in [4.69, 9.17) is 0 Å². The van der Waals surface area contributed by atoms with Crippen molar-refractivity contribution < 1.29 is 13.3 Å². The minimum absolute atomic E-state index is 0.0356. The van der Waals surface area contributed by atoms with Crippen LogP contribution in [0, 0.1) is 10.1 Å². The molecule has 0 bridgehead atoms. The first-order chi connectivity index (χ1) is 12.4. The van der Waals surface area contributed by atoms with E-state index in [1.54, 1.807) is 6.08 Å². The molecular formula is C19H24N2O4S. The number of non-ortho nitro benzene ring substituents is 1. The van der Waals surface area contributed by atoms with E-state index in [9.17, 15) is 18.5 Å². The van der Waals surface area contributed by atoms with Crippen molar-refractivity contribution in [1.82, 2.24) is 4.31 Å². The topological polar surface area (TPSA) is 80.5 Å². The van der Waals surface area contributed by atoms with Crippen LogP contribution in [-0.4, -0.2) is 24.2 Å². The number of nitro groups is 1. The molecule has 0 atom stereocenters. The quantitative estimate of drug-likeness (QED) is 0.219. The number of sulfonamides is 1. The van der Waals surface area contributed by atoms with Crippen molar-refractivity contribution in [1.29, 1.82) is 0 Å². The van der Waals surface area contributed by atoms with Crippen LogP contribution in [0.4, 0.5) is 5.69 Å². The Hall–Kier alpha value is -2.37. The summed E-state index contributed by atoms with van der Waals surface area (Å²) >= 11 is 0. The number of nitro benzene ring substituents is 1. The molecule has 140 valence electrons. The lowest BCUT2D eigenvalue weighted by Gasteiger charge is -2.20. The summed E-state index contributed by atoms with van der Waals surface area (Å²) in [5.41, 5.74) is 4.16. The van der Waals surface area contributed by atoms with Crippen molar-refractivity contribution in [2.75, 3.05) is 6.54 Å². The average molecular weight is 376 g/mol. The molecule has 1 fully saturated rings. The van der Waals surface area contributed by atoms with Gasteiger partial charge in [-0.3, -0.25) is 14.4 Å². The molecule has 0 aromatic heterocycles. The van der Waals surface area contributed by atoms with Gasteiger partial charge in [0.25, 0.3) is 15.7 Å². The number of benzene rings is 1. The average Bonchev–Trinajstić information content (AvgIpc) is 2.65. The lowest BCUT2D eigenvalue weighted by molar-refractivity contribution is -0.384. The van der Waals surface area contributed by atoms with Crippen LogP contribution in [-0.2, 0) is 10.0 Å². The zero-order chi connectivity index (χ0) is 19.0. The highest BCUT2D eigenvalue weighted by molar-refractivity contribution is 7.89. The Kier molecular flexibility index (Phi) is 7.18. The fourth-order valence-electron chi connectivity index (χ4n) is 2.81. The van der Waals surface area contributed by atoms with E-state index in [1.807, 2.05) is 0 Å². The minimum Gasteiger partial charge on any atom is -0.266 e. The molecule has 0 heterocycles. The SMILES string of the molecule is C=CCCCN(C=C=C1CCCCC1)S(=O)(=O)c1ccc([N+](=O)[O-])cc1. The van der Waals surface area contributed by atoms with Gasteiger partial charge in [0.1, 0.15) is 0 Å². The smallest absolute Gasteiger partial charge is 0.266 e. The molecule has 0 spiro atoms. The summed E-state index contributed by atoms with van der Waals surface area (Å²) < 4.78 is 27.1. The third kappa shape index (κ3) is 5.31. The molecule has 0 N–H and O–H groups in total. The molecule has 26 heavy (non-hydrogen) atoms. The van der Waals surface area contributed by atoms with Crippen molar-refractivity contribution in [2.24, 2.45) is 0 Å². The number of hydrogen-bond acceptors (Lipinski definition) is 4. The molecule has 0 amide bonds. The Morgan fingerprint density at radius 1 is 1.19 bits per heavy atom. The van der Waals surface area contributed by atoms with Crippen LogP contribution in [0.25, 0.3) is 0 Å². The van der Waals surface area contributed by atoms with E-state index in [-0.39, 0.29) is 10.6 Å². The Morgan fingerprint density at radius 2 is 1.85 bits per heavy atom. The number of allylic oxidation sites excluding steroid dienone is 2. The van der Waals surface area contributed by atoms with Crippen molar-refractivity contribution in [3.05, 3.63) is 64.5 Å². The predicted molar refractivity (Wildman–Crippen MR) is 101 cm³/mol. The molecule has 0 unspecified atom stereocenters. The zero-order valence-electron chi connectivity index (χ0n) is 14.8. The Labute approximate surface area is 154 Å². The maximum atomic E-state index is 12.9. The van der Waals surface area contributed by atoms with Crippen LogP contribution in [0.15, 0.2) is 59.3 Å². The maximum absolute atomic E-state index is 12.9. The lowest BCUT2D eigenvalue weighted by atomic mass is 9.96. The molecule has 7 heteroatoms. The van der Waals surface area contributed by atoms with E-state index in [0.717, 1.165) is 31.3 Å². The second kappa shape index (κ2) is 9.36. The normalized spacial score (nSPS) is 14.4. The van der Waals surface area contributed by atoms with Gasteiger partial charge in [0.2, 0.25) is 0 Å². The van der Waals surface area contributed by atoms with Crippen molar-refractivity contribution in [2.45, 2.75) is 49.8 Å². The first kappa shape index (κ1) is 19.9. The van der Waals surface area contributed by atoms with Gasteiger partial charge in [-0.2, -0.15) is 0 Å². The van der Waals surface area contributed by atoms with E-state index >= 15 is 0 Å². The largest absolute Gasteiger partial charge is 0.269 e. The highest BCUT2D eigenvalue weighted by Gasteiger charge is 2.22. The van der Waals surface area contributed by atoms with Crippen molar-refractivity contribution >= 4 is 15.7 Å². The Bertz CT molecular complexity index is 798. The number of hydrogen-bond donors (Lipinski definition) is 0. The molecule has 0 aliphatic heterocycles. The Morgan fingerprint density at radius 3 is 2.42 bits per heavy atom. The lowest BCUT2D eigenvalue weighted by Crippen LogP contribution is -2.27. The molecule has 1 saturated carbocycles. The van der Waals surface area contributed by atoms with E-state index < -0.39 is 14.9 Å². The second-order valence-electron chi connectivity index (χ2n) is 6.24. The monoisotopic (exact) mass is 376 g/mol. The summed E-state index contributed by atoms with van der Waals surface area (Å²) in [6.07, 6.45) is 9.95. The summed E-state index contributed by atoms with van der Waals surface area (Å²) in [7, 11) is -3.78. The van der Waals surface area contributed by atoms with Gasteiger partial charge in [0.15, 0.2) is 0 Å². The molecule has 6 nitrogen and oxygen atoms in total. The number of unbranched alkanes of at least 4 members (excludes halogenated alkanes) is 1. The van der Waals surface area contributed by atoms with Gasteiger partial charge in [0, 0.05) is 18.7 Å². The zero-order valence-corrected chi connectivity index (χ0v) is 15.6. The fourth-order valence-corrected chi connectivity index (χ4v) is 4.12. The summed E-state index contributed by atoms with van der Waals surface area (Å²) in [5.74, 6) is 0. The van der Waals surface area contributed by atoms with Crippen LogP contribution in [0.5, 0.6) is 0 Å². The molecule has 2 rings (SSSR count). The fraction of sp³-hybridized carbons (Fsp3) is 0.421. The van der Waals surface area contributed by atoms with Gasteiger partial charge in [-0.15, -0.1) is 12.3 Å². The van der Waals surface area contributed by atoms with Crippen LogP contribution in [0.1, 0.15) is 44.9 Å². The molecule has 1 aliphatic rings. The number of nitrogens with zero attached hydrogens (tertiary/aromatic N) is 2. The van der Waals surface area contributed by atoms with Gasteiger partial charge in [-0.1, -0.05) is 12.5 Å². The van der Waals surface area contributed by atoms with Crippen LogP contribution >= 0.6 is 0 Å². The van der Waals surface area contributed by atoms with E-state index in [1.165, 1.54) is 41.2 Å². The van der Waals surface area contributed by atoms with Gasteiger partial charge >= 0.3 is 0 Å². The first-order valence-electron chi connectivity index (χ1n) is 8.77. The molecule has 0 radical (unpaired) electrons. The predicted octanol–water partition coefficient (Wildman–Crippen LogP) is 4.55. The standard InChI is InChI=1S/C19H24N2O4S/c1-2-3-7-15-20(16-14-17-8-5-4-6-9-17)26(24,25)19-12-10-18(11-13-19)21(22)23/h2,10-13,16H,1,3-9,15H2. The third-order valence-corrected chi connectivity index (χ3v) is 6.08. The van der Waals surface area contributed by atoms with E-state index in [0.29, 0.717) is 19.4 Å². The molecule has 1 aliphatic carbocycles. The maximum Gasteiger partial charge on any atom is 0.269 e. The highest BCUT2D eigenvalue weighted by Crippen LogP contribution is 2.23. The van der Waals surface area contributed by atoms with E-state index in [2.05, 4.69) is 12.3 Å². The van der Waals surface area contributed by atoms with Crippen LogP contribution in [0.3, 0.4) is 0 Å². The minimum atomic E-state index is -3.78. The first-order valence-corrected chi connectivity index (χ1v) is 10.2. The van der Waals surface area contributed by atoms with Gasteiger partial charge in [-0.05, 0) is 56.2 Å². The summed E-state index contributed by atoms with van der Waals surface area (Å²) in [5, 5.41) is 10.8. The summed E-state index contributed by atoms with van der Waals surface area (Å²) in [6, 6.07) is 4.96.